The first-order valence-electron chi connectivity index (χ1n) is 10.2. The number of carbonyl (C=O) groups excluding carboxylic acids is 2. The van der Waals surface area contributed by atoms with Crippen molar-refractivity contribution in [2.75, 3.05) is 11.9 Å². The molecule has 1 fully saturated rings. The Morgan fingerprint density at radius 2 is 2.00 bits per heavy atom. The molecule has 30 heavy (non-hydrogen) atoms. The monoisotopic (exact) mass is 405 g/mol. The molecule has 2 aliphatic rings. The molecular formula is C21H23N7O2. The van der Waals surface area contributed by atoms with Crippen LogP contribution in [0.3, 0.4) is 0 Å². The maximum absolute atomic E-state index is 13.0. The van der Waals surface area contributed by atoms with E-state index in [1.54, 1.807) is 16.5 Å². The van der Waals surface area contributed by atoms with Gasteiger partial charge in [0.05, 0.1) is 12.2 Å². The Kier molecular flexibility index (Phi) is 4.57. The molecule has 0 bridgehead atoms. The topological polar surface area (TPSA) is 97.9 Å². The van der Waals surface area contributed by atoms with E-state index in [2.05, 4.69) is 20.6 Å². The van der Waals surface area contributed by atoms with Crippen LogP contribution < -0.4 is 10.2 Å². The molecule has 1 aliphatic heterocycles. The fourth-order valence-corrected chi connectivity index (χ4v) is 3.84. The smallest absolute Gasteiger partial charge is 0.289 e. The number of amides is 2. The Morgan fingerprint density at radius 3 is 2.77 bits per heavy atom. The normalized spacial score (nSPS) is 18.8. The third-order valence-electron chi connectivity index (χ3n) is 5.69. The van der Waals surface area contributed by atoms with Crippen molar-refractivity contribution in [2.24, 2.45) is 0 Å². The van der Waals surface area contributed by atoms with Gasteiger partial charge in [-0.3, -0.25) is 14.5 Å². The lowest BCUT2D eigenvalue weighted by Crippen LogP contribution is -2.47. The van der Waals surface area contributed by atoms with Gasteiger partial charge in [-0.05, 0) is 24.8 Å². The molecule has 0 spiro atoms. The molecule has 2 amide bonds. The number of fused-ring (bicyclic) bond motifs is 1. The Labute approximate surface area is 173 Å². The summed E-state index contributed by atoms with van der Waals surface area (Å²) in [7, 11) is 1.73. The Bertz CT molecular complexity index is 1080. The number of likely N-dealkylation sites (N-methyl/N-ethyl adjacent to an activating group) is 1. The first kappa shape index (κ1) is 18.5. The van der Waals surface area contributed by atoms with Crippen LogP contribution in [0.4, 0.5) is 5.82 Å². The molecule has 154 valence electrons. The van der Waals surface area contributed by atoms with E-state index in [-0.39, 0.29) is 11.7 Å². The SMILES string of the molecule is CN1C(=O)C(NC(=O)c2nncn2Cc2ccccc2)CCn2nc(C3CC3)cc21. The molecule has 3 aromatic rings. The van der Waals surface area contributed by atoms with Gasteiger partial charge in [-0.15, -0.1) is 10.2 Å². The number of benzene rings is 1. The second kappa shape index (κ2) is 7.40. The van der Waals surface area contributed by atoms with Gasteiger partial charge in [0.2, 0.25) is 5.82 Å². The minimum absolute atomic E-state index is 0.154. The van der Waals surface area contributed by atoms with Gasteiger partial charge in [0.25, 0.3) is 11.8 Å². The highest BCUT2D eigenvalue weighted by Gasteiger charge is 2.34. The van der Waals surface area contributed by atoms with Crippen molar-refractivity contribution in [1.29, 1.82) is 0 Å². The summed E-state index contributed by atoms with van der Waals surface area (Å²) in [5.74, 6) is 0.935. The first-order valence-corrected chi connectivity index (χ1v) is 10.2. The molecular weight excluding hydrogens is 382 g/mol. The van der Waals surface area contributed by atoms with Gasteiger partial charge in [-0.2, -0.15) is 5.10 Å². The summed E-state index contributed by atoms with van der Waals surface area (Å²) >= 11 is 0. The van der Waals surface area contributed by atoms with Crippen molar-refractivity contribution in [3.05, 3.63) is 59.8 Å². The number of anilines is 1. The number of aromatic nitrogens is 5. The Morgan fingerprint density at radius 1 is 1.20 bits per heavy atom. The summed E-state index contributed by atoms with van der Waals surface area (Å²) in [5.41, 5.74) is 2.09. The minimum Gasteiger partial charge on any atom is -0.337 e. The predicted molar refractivity (Wildman–Crippen MR) is 109 cm³/mol. The van der Waals surface area contributed by atoms with Crippen LogP contribution in [0.2, 0.25) is 0 Å². The molecule has 1 atom stereocenters. The van der Waals surface area contributed by atoms with Crippen molar-refractivity contribution in [2.45, 2.75) is 44.3 Å². The Balaban J connectivity index is 1.30. The summed E-state index contributed by atoms with van der Waals surface area (Å²) < 4.78 is 3.55. The lowest BCUT2D eigenvalue weighted by Gasteiger charge is -2.20. The summed E-state index contributed by atoms with van der Waals surface area (Å²) in [6.07, 6.45) is 4.32. The van der Waals surface area contributed by atoms with Crippen LogP contribution in [0.5, 0.6) is 0 Å². The van der Waals surface area contributed by atoms with E-state index in [9.17, 15) is 9.59 Å². The molecule has 9 heteroatoms. The zero-order chi connectivity index (χ0) is 20.7. The van der Waals surface area contributed by atoms with Crippen LogP contribution >= 0.6 is 0 Å². The van der Waals surface area contributed by atoms with Gasteiger partial charge >= 0.3 is 0 Å². The van der Waals surface area contributed by atoms with Crippen LogP contribution in [0.1, 0.15) is 47.1 Å². The van der Waals surface area contributed by atoms with Crippen molar-refractivity contribution < 1.29 is 9.59 Å². The predicted octanol–water partition coefficient (Wildman–Crippen LogP) is 1.57. The molecule has 1 aliphatic carbocycles. The number of hydrogen-bond donors (Lipinski definition) is 1. The number of nitrogens with one attached hydrogen (secondary N) is 1. The van der Waals surface area contributed by atoms with Crippen LogP contribution in [0.25, 0.3) is 0 Å². The molecule has 3 heterocycles. The standard InChI is InChI=1S/C21H23N7O2/c1-26-18-11-17(15-7-8-15)25-28(18)10-9-16(21(26)30)23-20(29)19-24-22-13-27(19)12-14-5-3-2-4-6-14/h2-6,11,13,15-16H,7-10,12H2,1H3,(H,23,29). The van der Waals surface area contributed by atoms with Crippen molar-refractivity contribution >= 4 is 17.6 Å². The van der Waals surface area contributed by atoms with E-state index < -0.39 is 11.9 Å². The highest BCUT2D eigenvalue weighted by atomic mass is 16.2. The van der Waals surface area contributed by atoms with E-state index >= 15 is 0 Å². The number of aryl methyl sites for hydroxylation is 1. The maximum Gasteiger partial charge on any atom is 0.289 e. The quantitative estimate of drug-likeness (QED) is 0.695. The molecule has 0 saturated heterocycles. The molecule has 1 unspecified atom stereocenters. The van der Waals surface area contributed by atoms with E-state index in [1.165, 1.54) is 6.33 Å². The fourth-order valence-electron chi connectivity index (χ4n) is 3.84. The fraction of sp³-hybridized carbons (Fsp3) is 0.381. The summed E-state index contributed by atoms with van der Waals surface area (Å²) in [4.78, 5) is 27.5. The molecule has 2 aromatic heterocycles. The van der Waals surface area contributed by atoms with E-state index in [0.717, 1.165) is 29.9 Å². The zero-order valence-electron chi connectivity index (χ0n) is 16.7. The molecule has 1 aromatic carbocycles. The zero-order valence-corrected chi connectivity index (χ0v) is 16.7. The minimum atomic E-state index is -0.643. The van der Waals surface area contributed by atoms with Crippen LogP contribution in [-0.2, 0) is 17.9 Å². The third kappa shape index (κ3) is 3.47. The number of rotatable bonds is 5. The summed E-state index contributed by atoms with van der Waals surface area (Å²) in [6, 6.07) is 11.1. The second-order valence-electron chi connectivity index (χ2n) is 7.90. The van der Waals surface area contributed by atoms with Crippen LogP contribution in [-0.4, -0.2) is 49.4 Å². The average Bonchev–Trinajstić information content (AvgIpc) is 3.38. The van der Waals surface area contributed by atoms with Gasteiger partial charge in [0, 0.05) is 25.6 Å². The lowest BCUT2D eigenvalue weighted by atomic mass is 10.2. The second-order valence-corrected chi connectivity index (χ2v) is 7.90. The van der Waals surface area contributed by atoms with Gasteiger partial charge in [-0.1, -0.05) is 30.3 Å². The average molecular weight is 405 g/mol. The highest BCUT2D eigenvalue weighted by molar-refractivity contribution is 6.00. The molecule has 0 radical (unpaired) electrons. The largest absolute Gasteiger partial charge is 0.337 e. The van der Waals surface area contributed by atoms with Gasteiger partial charge in [-0.25, -0.2) is 4.68 Å². The van der Waals surface area contributed by atoms with Gasteiger partial charge < -0.3 is 9.88 Å². The van der Waals surface area contributed by atoms with Gasteiger partial charge in [0.1, 0.15) is 18.2 Å². The highest BCUT2D eigenvalue weighted by Crippen LogP contribution is 2.40. The van der Waals surface area contributed by atoms with E-state index in [1.807, 2.05) is 41.1 Å². The van der Waals surface area contributed by atoms with E-state index in [4.69, 9.17) is 0 Å². The van der Waals surface area contributed by atoms with Crippen molar-refractivity contribution in [3.63, 3.8) is 0 Å². The molecule has 5 rings (SSSR count). The van der Waals surface area contributed by atoms with Crippen molar-refractivity contribution in [3.8, 4) is 0 Å². The van der Waals surface area contributed by atoms with E-state index in [0.29, 0.717) is 25.4 Å². The summed E-state index contributed by atoms with van der Waals surface area (Å²) in [5, 5.41) is 15.4. The first-order chi connectivity index (χ1) is 14.6. The molecule has 9 nitrogen and oxygen atoms in total. The van der Waals surface area contributed by atoms with Crippen LogP contribution in [0, 0.1) is 0 Å². The third-order valence-corrected chi connectivity index (χ3v) is 5.69. The lowest BCUT2D eigenvalue weighted by molar-refractivity contribution is -0.120. The van der Waals surface area contributed by atoms with Crippen LogP contribution in [0.15, 0.2) is 42.7 Å². The molecule has 1 saturated carbocycles. The molecule has 1 N–H and O–H groups in total. The number of nitrogens with zero attached hydrogens (tertiary/aromatic N) is 6. The van der Waals surface area contributed by atoms with Gasteiger partial charge in [0.15, 0.2) is 0 Å². The van der Waals surface area contributed by atoms with Crippen molar-refractivity contribution in [1.82, 2.24) is 29.9 Å². The maximum atomic E-state index is 13.0. The number of carbonyl (C=O) groups is 2. The Hall–Kier alpha value is -3.49. The summed E-state index contributed by atoms with van der Waals surface area (Å²) in [6.45, 7) is 1.05. The number of hydrogen-bond acceptors (Lipinski definition) is 5.